The van der Waals surface area contributed by atoms with Crippen LogP contribution in [0.1, 0.15) is 35.8 Å². The minimum atomic E-state index is -0.526. The largest absolute Gasteiger partial charge is 0.374 e. The van der Waals surface area contributed by atoms with Gasteiger partial charge < -0.3 is 5.11 Å². The first kappa shape index (κ1) is 9.69. The topological polar surface area (TPSA) is 32.3 Å². The lowest BCUT2D eigenvalue weighted by Crippen LogP contribution is -2.16. The highest BCUT2D eigenvalue weighted by molar-refractivity contribution is 5.34. The fourth-order valence-electron chi connectivity index (χ4n) is 2.09. The third kappa shape index (κ3) is 1.81. The molecule has 0 aromatic heterocycles. The molecule has 0 heterocycles. The summed E-state index contributed by atoms with van der Waals surface area (Å²) in [5.74, 6) is 0. The van der Waals surface area contributed by atoms with Crippen LogP contribution in [-0.4, -0.2) is 12.2 Å². The van der Waals surface area contributed by atoms with Crippen molar-refractivity contribution in [3.63, 3.8) is 0 Å². The number of rotatable bonds is 2. The molecule has 0 bridgehead atoms. The number of nitrogens with one attached hydrogen (secondary N) is 1. The molecule has 1 aromatic carbocycles. The molecular weight excluding hydrogens is 174 g/mol. The van der Waals surface area contributed by atoms with Crippen LogP contribution in [0.2, 0.25) is 0 Å². The second kappa shape index (κ2) is 4.11. The van der Waals surface area contributed by atoms with E-state index in [4.69, 9.17) is 0 Å². The average Bonchev–Trinajstić information content (AvgIpc) is 2.27. The molecule has 14 heavy (non-hydrogen) atoms. The van der Waals surface area contributed by atoms with Crippen LogP contribution in [0.5, 0.6) is 0 Å². The van der Waals surface area contributed by atoms with E-state index in [1.807, 2.05) is 6.07 Å². The van der Waals surface area contributed by atoms with Crippen LogP contribution in [-0.2, 0) is 12.8 Å². The Morgan fingerprint density at radius 1 is 1.21 bits per heavy atom. The number of aliphatic hydroxyl groups excluding tert-OH is 1. The van der Waals surface area contributed by atoms with Gasteiger partial charge in [0, 0.05) is 0 Å². The first-order valence-corrected chi connectivity index (χ1v) is 5.28. The third-order valence-corrected chi connectivity index (χ3v) is 2.96. The molecule has 1 aliphatic carbocycles. The molecule has 76 valence electrons. The van der Waals surface area contributed by atoms with Gasteiger partial charge in [0.1, 0.15) is 6.23 Å². The highest BCUT2D eigenvalue weighted by Crippen LogP contribution is 2.23. The summed E-state index contributed by atoms with van der Waals surface area (Å²) >= 11 is 0. The summed E-state index contributed by atoms with van der Waals surface area (Å²) in [7, 11) is 1.77. The summed E-state index contributed by atoms with van der Waals surface area (Å²) in [5.41, 5.74) is 3.86. The third-order valence-electron chi connectivity index (χ3n) is 2.96. The Balaban J connectivity index is 2.29. The van der Waals surface area contributed by atoms with Gasteiger partial charge in [0.05, 0.1) is 0 Å². The number of aliphatic hydroxyl groups is 1. The quantitative estimate of drug-likeness (QED) is 0.698. The SMILES string of the molecule is CNC(O)c1ccc2c(c1)CCCC2. The van der Waals surface area contributed by atoms with Crippen LogP contribution in [0.3, 0.4) is 0 Å². The Kier molecular flexibility index (Phi) is 2.85. The molecular formula is C12H17NO. The monoisotopic (exact) mass is 191 g/mol. The van der Waals surface area contributed by atoms with E-state index in [0.717, 1.165) is 5.56 Å². The van der Waals surface area contributed by atoms with E-state index < -0.39 is 6.23 Å². The number of aryl methyl sites for hydroxylation is 2. The number of hydrogen-bond acceptors (Lipinski definition) is 2. The lowest BCUT2D eigenvalue weighted by atomic mass is 9.90. The van der Waals surface area contributed by atoms with Crippen molar-refractivity contribution in [2.45, 2.75) is 31.9 Å². The van der Waals surface area contributed by atoms with Gasteiger partial charge in [0.2, 0.25) is 0 Å². The first-order chi connectivity index (χ1) is 6.81. The molecule has 0 spiro atoms. The van der Waals surface area contributed by atoms with E-state index in [2.05, 4.69) is 17.4 Å². The highest BCUT2D eigenvalue weighted by atomic mass is 16.3. The maximum atomic E-state index is 9.62. The lowest BCUT2D eigenvalue weighted by molar-refractivity contribution is 0.149. The molecule has 0 amide bonds. The van der Waals surface area contributed by atoms with Crippen LogP contribution < -0.4 is 5.32 Å². The van der Waals surface area contributed by atoms with Gasteiger partial charge in [-0.25, -0.2) is 0 Å². The minimum Gasteiger partial charge on any atom is -0.374 e. The molecule has 1 unspecified atom stereocenters. The van der Waals surface area contributed by atoms with Crippen LogP contribution in [0.25, 0.3) is 0 Å². The molecule has 1 aliphatic rings. The lowest BCUT2D eigenvalue weighted by Gasteiger charge is -2.18. The fourth-order valence-corrected chi connectivity index (χ4v) is 2.09. The van der Waals surface area contributed by atoms with Crippen LogP contribution in [0.4, 0.5) is 0 Å². The van der Waals surface area contributed by atoms with E-state index in [9.17, 15) is 5.11 Å². The summed E-state index contributed by atoms with van der Waals surface area (Å²) in [4.78, 5) is 0. The van der Waals surface area contributed by atoms with Crippen molar-refractivity contribution in [2.75, 3.05) is 7.05 Å². The molecule has 0 saturated carbocycles. The zero-order valence-corrected chi connectivity index (χ0v) is 8.59. The molecule has 1 atom stereocenters. The van der Waals surface area contributed by atoms with Gasteiger partial charge in [0.15, 0.2) is 0 Å². The van der Waals surface area contributed by atoms with Crippen LogP contribution in [0, 0.1) is 0 Å². The Morgan fingerprint density at radius 3 is 2.64 bits per heavy atom. The van der Waals surface area contributed by atoms with E-state index in [1.54, 1.807) is 7.05 Å². The summed E-state index contributed by atoms with van der Waals surface area (Å²) in [6.45, 7) is 0. The molecule has 2 heteroatoms. The zero-order valence-electron chi connectivity index (χ0n) is 8.59. The van der Waals surface area contributed by atoms with Gasteiger partial charge in [-0.2, -0.15) is 0 Å². The van der Waals surface area contributed by atoms with Gasteiger partial charge in [-0.1, -0.05) is 18.2 Å². The summed E-state index contributed by atoms with van der Waals surface area (Å²) in [6, 6.07) is 6.31. The molecule has 0 radical (unpaired) electrons. The number of fused-ring (bicyclic) bond motifs is 1. The molecule has 0 saturated heterocycles. The second-order valence-electron chi connectivity index (χ2n) is 3.93. The van der Waals surface area contributed by atoms with E-state index in [1.165, 1.54) is 36.8 Å². The average molecular weight is 191 g/mol. The minimum absolute atomic E-state index is 0.526. The van der Waals surface area contributed by atoms with E-state index >= 15 is 0 Å². The molecule has 2 nitrogen and oxygen atoms in total. The Labute approximate surface area is 85.0 Å². The van der Waals surface area contributed by atoms with E-state index in [0.29, 0.717) is 0 Å². The van der Waals surface area contributed by atoms with Gasteiger partial charge in [-0.05, 0) is 49.4 Å². The van der Waals surface area contributed by atoms with Crippen molar-refractivity contribution in [3.05, 3.63) is 34.9 Å². The summed E-state index contributed by atoms with van der Waals surface area (Å²) < 4.78 is 0. The number of benzene rings is 1. The number of hydrogen-bond donors (Lipinski definition) is 2. The zero-order chi connectivity index (χ0) is 9.97. The molecule has 2 N–H and O–H groups in total. The van der Waals surface area contributed by atoms with Gasteiger partial charge in [-0.15, -0.1) is 0 Å². The standard InChI is InChI=1S/C12H17NO/c1-13-12(14)11-7-6-9-4-2-3-5-10(9)8-11/h6-8,12-14H,2-5H2,1H3. The fraction of sp³-hybridized carbons (Fsp3) is 0.500. The molecule has 2 rings (SSSR count). The van der Waals surface area contributed by atoms with Crippen molar-refractivity contribution < 1.29 is 5.11 Å². The Morgan fingerprint density at radius 2 is 1.93 bits per heavy atom. The normalized spacial score (nSPS) is 17.6. The summed E-state index contributed by atoms with van der Waals surface area (Å²) in [6.07, 6.45) is 4.43. The van der Waals surface area contributed by atoms with Gasteiger partial charge in [-0.3, -0.25) is 5.32 Å². The Hall–Kier alpha value is -0.860. The van der Waals surface area contributed by atoms with Gasteiger partial charge in [0.25, 0.3) is 0 Å². The molecule has 0 fully saturated rings. The molecule has 0 aliphatic heterocycles. The predicted molar refractivity (Wildman–Crippen MR) is 57.1 cm³/mol. The van der Waals surface area contributed by atoms with Crippen LogP contribution >= 0.6 is 0 Å². The van der Waals surface area contributed by atoms with Crippen molar-refractivity contribution in [1.82, 2.24) is 5.32 Å². The van der Waals surface area contributed by atoms with Crippen molar-refractivity contribution in [2.24, 2.45) is 0 Å². The maximum absolute atomic E-state index is 9.62. The van der Waals surface area contributed by atoms with Crippen molar-refractivity contribution in [1.29, 1.82) is 0 Å². The first-order valence-electron chi connectivity index (χ1n) is 5.28. The molecule has 1 aromatic rings. The highest BCUT2D eigenvalue weighted by Gasteiger charge is 2.11. The van der Waals surface area contributed by atoms with E-state index in [-0.39, 0.29) is 0 Å². The van der Waals surface area contributed by atoms with Gasteiger partial charge >= 0.3 is 0 Å². The van der Waals surface area contributed by atoms with Crippen molar-refractivity contribution >= 4 is 0 Å². The maximum Gasteiger partial charge on any atom is 0.130 e. The van der Waals surface area contributed by atoms with Crippen molar-refractivity contribution in [3.8, 4) is 0 Å². The summed E-state index contributed by atoms with van der Waals surface area (Å²) in [5, 5.41) is 12.5. The predicted octanol–water partition coefficient (Wildman–Crippen LogP) is 1.78. The second-order valence-corrected chi connectivity index (χ2v) is 3.93. The smallest absolute Gasteiger partial charge is 0.130 e. The Bertz CT molecular complexity index is 322. The van der Waals surface area contributed by atoms with Crippen LogP contribution in [0.15, 0.2) is 18.2 Å².